The Labute approximate surface area is 91.1 Å². The zero-order valence-electron chi connectivity index (χ0n) is 9.96. The summed E-state index contributed by atoms with van der Waals surface area (Å²) in [4.78, 5) is 22.0. The number of aliphatic carboxylic acids is 1. The van der Waals surface area contributed by atoms with Crippen molar-refractivity contribution >= 4 is 11.9 Å². The van der Waals surface area contributed by atoms with Gasteiger partial charge in [0.05, 0.1) is 0 Å². The fraction of sp³-hybridized carbons (Fsp3) is 0.818. The van der Waals surface area contributed by atoms with Crippen LogP contribution < -0.4 is 5.32 Å². The number of rotatable bonds is 5. The van der Waals surface area contributed by atoms with Crippen LogP contribution in [0.4, 0.5) is 0 Å². The van der Waals surface area contributed by atoms with Gasteiger partial charge >= 0.3 is 5.97 Å². The van der Waals surface area contributed by atoms with Crippen LogP contribution in [-0.2, 0) is 9.59 Å². The molecule has 1 unspecified atom stereocenters. The summed E-state index contributed by atoms with van der Waals surface area (Å²) in [5.41, 5.74) is 0.0995. The minimum absolute atomic E-state index is 0.0995. The van der Waals surface area contributed by atoms with E-state index < -0.39 is 12.0 Å². The molecule has 1 amide bonds. The second-order valence-corrected chi connectivity index (χ2v) is 4.93. The highest BCUT2D eigenvalue weighted by Crippen LogP contribution is 2.20. The normalized spacial score (nSPS) is 13.3. The van der Waals surface area contributed by atoms with Gasteiger partial charge < -0.3 is 10.4 Å². The van der Waals surface area contributed by atoms with E-state index in [0.29, 0.717) is 12.8 Å². The van der Waals surface area contributed by atoms with E-state index in [4.69, 9.17) is 5.11 Å². The molecule has 15 heavy (non-hydrogen) atoms. The second-order valence-electron chi connectivity index (χ2n) is 4.93. The van der Waals surface area contributed by atoms with E-state index in [9.17, 15) is 9.59 Å². The predicted molar refractivity (Wildman–Crippen MR) is 58.5 cm³/mol. The van der Waals surface area contributed by atoms with Gasteiger partial charge in [0, 0.05) is 6.42 Å². The Hall–Kier alpha value is -1.06. The summed E-state index contributed by atoms with van der Waals surface area (Å²) in [7, 11) is 0. The molecule has 0 saturated carbocycles. The number of hydrogen-bond donors (Lipinski definition) is 2. The van der Waals surface area contributed by atoms with Crippen molar-refractivity contribution in [3.8, 4) is 0 Å². The lowest BCUT2D eigenvalue weighted by Crippen LogP contribution is -2.40. The van der Waals surface area contributed by atoms with E-state index in [-0.39, 0.29) is 11.3 Å². The van der Waals surface area contributed by atoms with Crippen molar-refractivity contribution in [2.45, 2.75) is 53.0 Å². The number of carboxylic acid groups (broad SMARTS) is 1. The van der Waals surface area contributed by atoms with Gasteiger partial charge in [0.15, 0.2) is 0 Å². The number of carbonyl (C=O) groups is 2. The molecular formula is C11H21NO3. The Balaban J connectivity index is 3.98. The van der Waals surface area contributed by atoms with Gasteiger partial charge in [0.25, 0.3) is 0 Å². The molecule has 0 aromatic heterocycles. The van der Waals surface area contributed by atoms with Gasteiger partial charge in [0.2, 0.25) is 5.91 Å². The second kappa shape index (κ2) is 5.73. The first-order valence-electron chi connectivity index (χ1n) is 5.28. The summed E-state index contributed by atoms with van der Waals surface area (Å²) >= 11 is 0. The minimum atomic E-state index is -0.971. The van der Waals surface area contributed by atoms with Crippen molar-refractivity contribution < 1.29 is 14.7 Å². The Morgan fingerprint density at radius 3 is 2.20 bits per heavy atom. The van der Waals surface area contributed by atoms with E-state index in [2.05, 4.69) is 26.1 Å². The number of amides is 1. The van der Waals surface area contributed by atoms with Gasteiger partial charge in [-0.1, -0.05) is 27.7 Å². The highest BCUT2D eigenvalue weighted by Gasteiger charge is 2.19. The number of nitrogens with one attached hydrogen (secondary N) is 1. The van der Waals surface area contributed by atoms with Crippen LogP contribution in [-0.4, -0.2) is 23.0 Å². The fourth-order valence-corrected chi connectivity index (χ4v) is 1.09. The molecule has 0 fully saturated rings. The standard InChI is InChI=1S/C11H21NO3/c1-5-8(10(14)15)12-9(13)6-7-11(2,3)4/h8H,5-7H2,1-4H3,(H,12,13)(H,14,15). The first-order valence-corrected chi connectivity index (χ1v) is 5.28. The van der Waals surface area contributed by atoms with Crippen LogP contribution in [0.25, 0.3) is 0 Å². The van der Waals surface area contributed by atoms with E-state index in [1.165, 1.54) is 0 Å². The Kier molecular flexibility index (Phi) is 5.33. The smallest absolute Gasteiger partial charge is 0.326 e. The molecule has 0 spiro atoms. The van der Waals surface area contributed by atoms with Crippen LogP contribution in [0, 0.1) is 5.41 Å². The van der Waals surface area contributed by atoms with E-state index in [1.807, 2.05) is 0 Å². The highest BCUT2D eigenvalue weighted by atomic mass is 16.4. The SMILES string of the molecule is CCC(NC(=O)CCC(C)(C)C)C(=O)O. The molecule has 88 valence electrons. The van der Waals surface area contributed by atoms with Crippen LogP contribution >= 0.6 is 0 Å². The molecule has 0 radical (unpaired) electrons. The van der Waals surface area contributed by atoms with Crippen LogP contribution in [0.1, 0.15) is 47.0 Å². The van der Waals surface area contributed by atoms with Gasteiger partial charge in [0.1, 0.15) is 6.04 Å². The summed E-state index contributed by atoms with van der Waals surface area (Å²) in [5.74, 6) is -1.15. The maximum Gasteiger partial charge on any atom is 0.326 e. The molecule has 0 bridgehead atoms. The molecule has 0 aliphatic heterocycles. The summed E-state index contributed by atoms with van der Waals surface area (Å²) in [5, 5.41) is 11.2. The molecule has 0 aliphatic rings. The van der Waals surface area contributed by atoms with Crippen molar-refractivity contribution in [2.75, 3.05) is 0 Å². The van der Waals surface area contributed by atoms with Gasteiger partial charge in [-0.15, -0.1) is 0 Å². The quantitative estimate of drug-likeness (QED) is 0.734. The molecule has 0 saturated heterocycles. The van der Waals surface area contributed by atoms with Gasteiger partial charge in [-0.3, -0.25) is 4.79 Å². The third-order valence-corrected chi connectivity index (χ3v) is 2.14. The van der Waals surface area contributed by atoms with Gasteiger partial charge in [-0.05, 0) is 18.3 Å². The van der Waals surface area contributed by atoms with Crippen LogP contribution in [0.3, 0.4) is 0 Å². The third kappa shape index (κ3) is 6.94. The fourth-order valence-electron chi connectivity index (χ4n) is 1.09. The summed E-state index contributed by atoms with van der Waals surface area (Å²) in [6.45, 7) is 7.89. The van der Waals surface area contributed by atoms with Crippen LogP contribution in [0.2, 0.25) is 0 Å². The van der Waals surface area contributed by atoms with Crippen LogP contribution in [0.5, 0.6) is 0 Å². The number of carbonyl (C=O) groups excluding carboxylic acids is 1. The lowest BCUT2D eigenvalue weighted by Gasteiger charge is -2.18. The summed E-state index contributed by atoms with van der Waals surface area (Å²) < 4.78 is 0. The molecule has 0 heterocycles. The molecule has 4 heteroatoms. The molecule has 1 atom stereocenters. The number of hydrogen-bond acceptors (Lipinski definition) is 2. The maximum absolute atomic E-state index is 11.4. The zero-order valence-corrected chi connectivity index (χ0v) is 9.96. The van der Waals surface area contributed by atoms with Gasteiger partial charge in [-0.25, -0.2) is 4.79 Å². The highest BCUT2D eigenvalue weighted by molar-refractivity contribution is 5.83. The molecule has 0 aromatic carbocycles. The third-order valence-electron chi connectivity index (χ3n) is 2.14. The Morgan fingerprint density at radius 1 is 1.33 bits per heavy atom. The Morgan fingerprint density at radius 2 is 1.87 bits per heavy atom. The molecule has 0 aliphatic carbocycles. The molecule has 0 rings (SSSR count). The first kappa shape index (κ1) is 13.9. The van der Waals surface area contributed by atoms with Crippen molar-refractivity contribution in [3.63, 3.8) is 0 Å². The maximum atomic E-state index is 11.4. The first-order chi connectivity index (χ1) is 6.76. The topological polar surface area (TPSA) is 66.4 Å². The van der Waals surface area contributed by atoms with E-state index in [0.717, 1.165) is 6.42 Å². The van der Waals surface area contributed by atoms with Crippen molar-refractivity contribution in [1.82, 2.24) is 5.32 Å². The average Bonchev–Trinajstić information content (AvgIpc) is 2.09. The van der Waals surface area contributed by atoms with Crippen molar-refractivity contribution in [1.29, 1.82) is 0 Å². The van der Waals surface area contributed by atoms with E-state index in [1.54, 1.807) is 6.92 Å². The molecular weight excluding hydrogens is 194 g/mol. The lowest BCUT2D eigenvalue weighted by atomic mass is 9.90. The van der Waals surface area contributed by atoms with E-state index >= 15 is 0 Å². The summed E-state index contributed by atoms with van der Waals surface area (Å²) in [6, 6.07) is -0.752. The Bertz CT molecular complexity index is 230. The lowest BCUT2D eigenvalue weighted by molar-refractivity contribution is -0.141. The molecule has 2 N–H and O–H groups in total. The predicted octanol–water partition coefficient (Wildman–Crippen LogP) is 1.79. The largest absolute Gasteiger partial charge is 0.480 e. The molecule has 0 aromatic rings. The zero-order chi connectivity index (χ0) is 12.1. The molecule has 4 nitrogen and oxygen atoms in total. The minimum Gasteiger partial charge on any atom is -0.480 e. The van der Waals surface area contributed by atoms with Crippen molar-refractivity contribution in [3.05, 3.63) is 0 Å². The monoisotopic (exact) mass is 215 g/mol. The van der Waals surface area contributed by atoms with Gasteiger partial charge in [-0.2, -0.15) is 0 Å². The average molecular weight is 215 g/mol. The number of carboxylic acids is 1. The summed E-state index contributed by atoms with van der Waals surface area (Å²) in [6.07, 6.45) is 1.55. The van der Waals surface area contributed by atoms with Crippen molar-refractivity contribution in [2.24, 2.45) is 5.41 Å². The van der Waals surface area contributed by atoms with Crippen LogP contribution in [0.15, 0.2) is 0 Å².